The average Bonchev–Trinajstić information content (AvgIpc) is 2.83. The lowest BCUT2D eigenvalue weighted by molar-refractivity contribution is -0.116. The van der Waals surface area contributed by atoms with Crippen LogP contribution in [0.1, 0.15) is 17.5 Å². The van der Waals surface area contributed by atoms with Gasteiger partial charge in [-0.25, -0.2) is 21.1 Å². The summed E-state index contributed by atoms with van der Waals surface area (Å²) in [7, 11) is -7.58. The van der Waals surface area contributed by atoms with Gasteiger partial charge >= 0.3 is 0 Å². The molecule has 1 saturated heterocycles. The molecule has 3 rings (SSSR count). The van der Waals surface area contributed by atoms with E-state index in [1.807, 2.05) is 6.92 Å². The first kappa shape index (κ1) is 19.8. The predicted octanol–water partition coefficient (Wildman–Crippen LogP) is 2.93. The van der Waals surface area contributed by atoms with Gasteiger partial charge in [0, 0.05) is 16.6 Å². The van der Waals surface area contributed by atoms with Gasteiger partial charge in [-0.05, 0) is 55.3 Å². The number of anilines is 2. The second-order valence-corrected chi connectivity index (χ2v) is 10.7. The van der Waals surface area contributed by atoms with E-state index in [0.29, 0.717) is 11.3 Å². The Labute approximate surface area is 166 Å². The zero-order chi connectivity index (χ0) is 20.0. The van der Waals surface area contributed by atoms with Crippen molar-refractivity contribution in [1.82, 2.24) is 0 Å². The van der Waals surface area contributed by atoms with Crippen LogP contribution in [0, 0.1) is 13.8 Å². The van der Waals surface area contributed by atoms with Gasteiger partial charge < -0.3 is 0 Å². The first-order chi connectivity index (χ1) is 12.5. The minimum atomic E-state index is -3.88. The molecule has 7 nitrogen and oxygen atoms in total. The van der Waals surface area contributed by atoms with E-state index in [-0.39, 0.29) is 22.8 Å². The van der Waals surface area contributed by atoms with Crippen LogP contribution in [-0.2, 0) is 24.8 Å². The zero-order valence-corrected chi connectivity index (χ0v) is 17.8. The number of rotatable bonds is 4. The lowest BCUT2D eigenvalue weighted by atomic mass is 10.2. The van der Waals surface area contributed by atoms with Crippen LogP contribution in [-0.4, -0.2) is 28.5 Å². The molecule has 0 bridgehead atoms. The number of benzene rings is 2. The van der Waals surface area contributed by atoms with Crippen molar-refractivity contribution in [2.75, 3.05) is 14.8 Å². The summed E-state index contributed by atoms with van der Waals surface area (Å²) in [4.78, 5) is 11.9. The Balaban J connectivity index is 1.95. The number of nitrogens with one attached hydrogen (secondary N) is 1. The number of carbonyl (C=O) groups is 1. The number of sulfonamides is 2. The maximum Gasteiger partial charge on any atom is 0.262 e. The minimum absolute atomic E-state index is 0.00647. The lowest BCUT2D eigenvalue weighted by Gasteiger charge is -2.17. The van der Waals surface area contributed by atoms with Gasteiger partial charge in [0.2, 0.25) is 15.9 Å². The monoisotopic (exact) mass is 472 g/mol. The molecule has 0 aliphatic carbocycles. The van der Waals surface area contributed by atoms with Gasteiger partial charge in [-0.2, -0.15) is 0 Å². The Hall–Kier alpha value is -1.91. The quantitative estimate of drug-likeness (QED) is 0.736. The minimum Gasteiger partial charge on any atom is -0.280 e. The van der Waals surface area contributed by atoms with Gasteiger partial charge in [0.25, 0.3) is 10.0 Å². The van der Waals surface area contributed by atoms with E-state index in [2.05, 4.69) is 20.7 Å². The van der Waals surface area contributed by atoms with Crippen molar-refractivity contribution >= 4 is 53.3 Å². The van der Waals surface area contributed by atoms with Crippen LogP contribution in [0.25, 0.3) is 0 Å². The molecule has 1 fully saturated rings. The summed E-state index contributed by atoms with van der Waals surface area (Å²) in [6.07, 6.45) is -0.0781. The Morgan fingerprint density at radius 2 is 1.78 bits per heavy atom. The molecule has 1 N–H and O–H groups in total. The van der Waals surface area contributed by atoms with Crippen molar-refractivity contribution in [1.29, 1.82) is 0 Å². The molecule has 2 aromatic carbocycles. The highest BCUT2D eigenvalue weighted by Crippen LogP contribution is 2.30. The molecule has 10 heteroatoms. The Bertz CT molecular complexity index is 1140. The molecule has 0 unspecified atom stereocenters. The second kappa shape index (κ2) is 6.92. The van der Waals surface area contributed by atoms with Crippen molar-refractivity contribution in [3.8, 4) is 0 Å². The molecule has 144 valence electrons. The van der Waals surface area contributed by atoms with E-state index in [4.69, 9.17) is 0 Å². The van der Waals surface area contributed by atoms with Gasteiger partial charge in [0.15, 0.2) is 0 Å². The van der Waals surface area contributed by atoms with Crippen molar-refractivity contribution in [2.45, 2.75) is 25.2 Å². The van der Waals surface area contributed by atoms with E-state index in [1.54, 1.807) is 25.1 Å². The maximum atomic E-state index is 12.7. The summed E-state index contributed by atoms with van der Waals surface area (Å²) in [6, 6.07) is 9.11. The molecule has 0 saturated carbocycles. The van der Waals surface area contributed by atoms with Crippen LogP contribution in [0.2, 0.25) is 0 Å². The topological polar surface area (TPSA) is 101 Å². The fraction of sp³-hybridized carbons (Fsp3) is 0.235. The number of aryl methyl sites for hydroxylation is 2. The SMILES string of the molecule is Cc1ccc(NS(=O)(=O)c2ccc(N3C(=O)CCS3(=O)=O)cc2C)cc1Br. The summed E-state index contributed by atoms with van der Waals surface area (Å²) >= 11 is 3.36. The predicted molar refractivity (Wildman–Crippen MR) is 107 cm³/mol. The first-order valence-corrected chi connectivity index (χ1v) is 11.9. The largest absolute Gasteiger partial charge is 0.280 e. The third kappa shape index (κ3) is 3.87. The molecule has 0 radical (unpaired) electrons. The zero-order valence-electron chi connectivity index (χ0n) is 14.6. The van der Waals surface area contributed by atoms with E-state index < -0.39 is 26.0 Å². The van der Waals surface area contributed by atoms with E-state index in [9.17, 15) is 21.6 Å². The molecule has 1 amide bonds. The molecule has 2 aromatic rings. The maximum absolute atomic E-state index is 12.7. The molecular formula is C17H17BrN2O5S2. The molecule has 0 aromatic heterocycles. The Kier molecular flexibility index (Phi) is 5.08. The number of hydrogen-bond acceptors (Lipinski definition) is 5. The van der Waals surface area contributed by atoms with Gasteiger partial charge in [-0.15, -0.1) is 0 Å². The first-order valence-electron chi connectivity index (χ1n) is 7.97. The van der Waals surface area contributed by atoms with Gasteiger partial charge in [0.05, 0.1) is 16.3 Å². The lowest BCUT2D eigenvalue weighted by Crippen LogP contribution is -2.29. The third-order valence-corrected chi connectivity index (χ3v) is 8.27. The molecule has 0 atom stereocenters. The highest BCUT2D eigenvalue weighted by atomic mass is 79.9. The normalized spacial score (nSPS) is 16.6. The van der Waals surface area contributed by atoms with Crippen LogP contribution < -0.4 is 9.03 Å². The van der Waals surface area contributed by atoms with Crippen LogP contribution in [0.3, 0.4) is 0 Å². The number of carbonyl (C=O) groups excluding carboxylic acids is 1. The van der Waals surface area contributed by atoms with Crippen LogP contribution in [0.15, 0.2) is 45.8 Å². The fourth-order valence-electron chi connectivity index (χ4n) is 2.80. The molecule has 0 spiro atoms. The number of halogens is 1. The van der Waals surface area contributed by atoms with Crippen LogP contribution in [0.4, 0.5) is 11.4 Å². The summed E-state index contributed by atoms with van der Waals surface area (Å²) in [5.41, 5.74) is 1.84. The second-order valence-electron chi connectivity index (χ2n) is 6.24. The molecule has 1 heterocycles. The van der Waals surface area contributed by atoms with Crippen LogP contribution >= 0.6 is 15.9 Å². The van der Waals surface area contributed by atoms with Crippen molar-refractivity contribution in [2.24, 2.45) is 0 Å². The molecule has 1 aliphatic rings. The fourth-order valence-corrected chi connectivity index (χ4v) is 5.90. The van der Waals surface area contributed by atoms with E-state index in [0.717, 1.165) is 14.3 Å². The van der Waals surface area contributed by atoms with Crippen molar-refractivity contribution in [3.63, 3.8) is 0 Å². The molecule has 1 aliphatic heterocycles. The summed E-state index contributed by atoms with van der Waals surface area (Å²) in [5, 5.41) is 0. The number of hydrogen-bond donors (Lipinski definition) is 1. The van der Waals surface area contributed by atoms with Crippen molar-refractivity contribution in [3.05, 3.63) is 52.0 Å². The summed E-state index contributed by atoms with van der Waals surface area (Å²) in [6.45, 7) is 3.44. The van der Waals surface area contributed by atoms with Gasteiger partial charge in [-0.1, -0.05) is 22.0 Å². The van der Waals surface area contributed by atoms with Gasteiger partial charge in [-0.3, -0.25) is 9.52 Å². The van der Waals surface area contributed by atoms with Gasteiger partial charge in [0.1, 0.15) is 0 Å². The Morgan fingerprint density at radius 3 is 2.33 bits per heavy atom. The average molecular weight is 473 g/mol. The summed E-state index contributed by atoms with van der Waals surface area (Å²) in [5.74, 6) is -0.762. The van der Waals surface area contributed by atoms with E-state index >= 15 is 0 Å². The Morgan fingerprint density at radius 1 is 1.07 bits per heavy atom. The highest BCUT2D eigenvalue weighted by Gasteiger charge is 2.36. The molecular weight excluding hydrogens is 456 g/mol. The number of nitrogens with zero attached hydrogens (tertiary/aromatic N) is 1. The number of amides is 1. The van der Waals surface area contributed by atoms with Crippen LogP contribution in [0.5, 0.6) is 0 Å². The third-order valence-electron chi connectivity index (χ3n) is 4.19. The smallest absolute Gasteiger partial charge is 0.262 e. The van der Waals surface area contributed by atoms with E-state index in [1.165, 1.54) is 18.2 Å². The summed E-state index contributed by atoms with van der Waals surface area (Å²) < 4.78 is 53.5. The van der Waals surface area contributed by atoms with Crippen molar-refractivity contribution < 1.29 is 21.6 Å². The standard InChI is InChI=1S/C17H17BrN2O5S2/c1-11-3-4-13(10-15(11)18)19-27(24,25)16-6-5-14(9-12(16)2)20-17(21)7-8-26(20,22)23/h3-6,9-10,19H,7-8H2,1-2H3. The highest BCUT2D eigenvalue weighted by molar-refractivity contribution is 9.10. The molecule has 27 heavy (non-hydrogen) atoms.